The topological polar surface area (TPSA) is 46.2 Å². The molecule has 0 amide bonds. The minimum Gasteiger partial charge on any atom is -0.387 e. The van der Waals surface area contributed by atoms with E-state index in [0.29, 0.717) is 0 Å². The summed E-state index contributed by atoms with van der Waals surface area (Å²) in [6, 6.07) is 1.92. The monoisotopic (exact) mass is 251 g/mol. The predicted octanol–water partition coefficient (Wildman–Crippen LogP) is 1.72. The van der Waals surface area contributed by atoms with E-state index < -0.39 is 17.7 Å². The summed E-state index contributed by atoms with van der Waals surface area (Å²) in [5.74, 6) is -1.30. The molecule has 1 rings (SSSR count). The lowest BCUT2D eigenvalue weighted by Crippen LogP contribution is -2.13. The van der Waals surface area contributed by atoms with Crippen LogP contribution in [0.3, 0.4) is 0 Å². The molecule has 0 saturated carbocycles. The molecule has 0 heterocycles. The highest BCUT2D eigenvalue weighted by Crippen LogP contribution is 2.24. The van der Waals surface area contributed by atoms with Crippen LogP contribution in [0.5, 0.6) is 0 Å². The Balaban J connectivity index is 3.20. The van der Waals surface area contributed by atoms with E-state index in [4.69, 9.17) is 5.73 Å². The number of aliphatic hydroxyl groups is 1. The van der Waals surface area contributed by atoms with Gasteiger partial charge in [-0.2, -0.15) is 0 Å². The van der Waals surface area contributed by atoms with Crippen molar-refractivity contribution in [1.29, 1.82) is 0 Å². The van der Waals surface area contributed by atoms with Crippen LogP contribution in [0.4, 0.5) is 8.78 Å². The Morgan fingerprint density at radius 2 is 2.08 bits per heavy atom. The minimum absolute atomic E-state index is 0.0185. The van der Waals surface area contributed by atoms with Crippen LogP contribution in [-0.2, 0) is 0 Å². The van der Waals surface area contributed by atoms with Crippen LogP contribution in [-0.4, -0.2) is 11.7 Å². The first-order valence-corrected chi connectivity index (χ1v) is 4.38. The van der Waals surface area contributed by atoms with Gasteiger partial charge in [-0.15, -0.1) is 0 Å². The summed E-state index contributed by atoms with van der Waals surface area (Å²) < 4.78 is 25.9. The maximum atomic E-state index is 13.2. The Morgan fingerprint density at radius 1 is 1.46 bits per heavy atom. The van der Waals surface area contributed by atoms with Crippen molar-refractivity contribution in [3.8, 4) is 0 Å². The van der Waals surface area contributed by atoms with Gasteiger partial charge in [0.05, 0.1) is 10.6 Å². The zero-order valence-electron chi connectivity index (χ0n) is 6.60. The molecule has 0 aliphatic carbocycles. The summed E-state index contributed by atoms with van der Waals surface area (Å²) in [5.41, 5.74) is 4.99. The molecule has 2 nitrogen and oxygen atoms in total. The van der Waals surface area contributed by atoms with Gasteiger partial charge < -0.3 is 10.8 Å². The molecule has 0 bridgehead atoms. The molecule has 0 fully saturated rings. The molecule has 0 spiro atoms. The number of hydrogen-bond acceptors (Lipinski definition) is 2. The van der Waals surface area contributed by atoms with Crippen LogP contribution in [0.2, 0.25) is 0 Å². The molecule has 72 valence electrons. The van der Waals surface area contributed by atoms with E-state index in [9.17, 15) is 13.9 Å². The fourth-order valence-corrected chi connectivity index (χ4v) is 1.39. The van der Waals surface area contributed by atoms with Crippen molar-refractivity contribution in [3.05, 3.63) is 33.8 Å². The first-order chi connectivity index (χ1) is 6.06. The third-order valence-corrected chi connectivity index (χ3v) is 2.18. The fraction of sp³-hybridized carbons (Fsp3) is 0.250. The van der Waals surface area contributed by atoms with Crippen molar-refractivity contribution in [2.75, 3.05) is 6.54 Å². The van der Waals surface area contributed by atoms with E-state index in [1.54, 1.807) is 0 Å². The summed E-state index contributed by atoms with van der Waals surface area (Å²) >= 11 is 2.83. The largest absolute Gasteiger partial charge is 0.387 e. The van der Waals surface area contributed by atoms with Crippen molar-refractivity contribution in [1.82, 2.24) is 0 Å². The van der Waals surface area contributed by atoms with Gasteiger partial charge in [-0.1, -0.05) is 0 Å². The summed E-state index contributed by atoms with van der Waals surface area (Å²) in [4.78, 5) is 0. The Labute approximate surface area is 82.5 Å². The summed E-state index contributed by atoms with van der Waals surface area (Å²) in [5, 5.41) is 9.21. The van der Waals surface area contributed by atoms with Gasteiger partial charge in [0, 0.05) is 12.1 Å². The lowest BCUT2D eigenvalue weighted by molar-refractivity contribution is 0.181. The molecule has 0 aromatic heterocycles. The van der Waals surface area contributed by atoms with Crippen molar-refractivity contribution in [2.24, 2.45) is 5.73 Å². The number of benzene rings is 1. The smallest absolute Gasteiger partial charge is 0.143 e. The van der Waals surface area contributed by atoms with Crippen molar-refractivity contribution >= 4 is 15.9 Å². The van der Waals surface area contributed by atoms with E-state index in [2.05, 4.69) is 15.9 Å². The predicted molar refractivity (Wildman–Crippen MR) is 48.1 cm³/mol. The molecule has 0 saturated heterocycles. The average molecular weight is 252 g/mol. The first-order valence-electron chi connectivity index (χ1n) is 3.59. The molecule has 13 heavy (non-hydrogen) atoms. The maximum Gasteiger partial charge on any atom is 0.143 e. The fourth-order valence-electron chi connectivity index (χ4n) is 0.945. The minimum atomic E-state index is -1.17. The SMILES string of the molecule is NCC(O)c1cc(F)cc(Br)c1F. The number of aliphatic hydroxyl groups excluding tert-OH is 1. The second-order valence-electron chi connectivity index (χ2n) is 2.54. The van der Waals surface area contributed by atoms with Crippen LogP contribution < -0.4 is 5.73 Å². The first kappa shape index (κ1) is 10.6. The van der Waals surface area contributed by atoms with Gasteiger partial charge in [0.25, 0.3) is 0 Å². The molecule has 0 aliphatic rings. The maximum absolute atomic E-state index is 13.2. The standard InChI is InChI=1S/C8H8BrF2NO/c9-6-2-4(10)1-5(8(6)11)7(13)3-12/h1-2,7,13H,3,12H2. The molecule has 1 aromatic rings. The van der Waals surface area contributed by atoms with Crippen molar-refractivity contribution < 1.29 is 13.9 Å². The van der Waals surface area contributed by atoms with E-state index >= 15 is 0 Å². The van der Waals surface area contributed by atoms with E-state index in [-0.39, 0.29) is 16.6 Å². The van der Waals surface area contributed by atoms with Gasteiger partial charge in [0.2, 0.25) is 0 Å². The van der Waals surface area contributed by atoms with Crippen molar-refractivity contribution in [3.63, 3.8) is 0 Å². The van der Waals surface area contributed by atoms with Gasteiger partial charge in [-0.25, -0.2) is 8.78 Å². The summed E-state index contributed by atoms with van der Waals surface area (Å²) in [6.45, 7) is -0.146. The highest BCUT2D eigenvalue weighted by atomic mass is 79.9. The van der Waals surface area contributed by atoms with Gasteiger partial charge in [-0.05, 0) is 28.1 Å². The van der Waals surface area contributed by atoms with E-state index in [1.165, 1.54) is 0 Å². The Morgan fingerprint density at radius 3 is 2.62 bits per heavy atom. The Hall–Kier alpha value is -0.520. The molecule has 0 aliphatic heterocycles. The van der Waals surface area contributed by atoms with Crippen molar-refractivity contribution in [2.45, 2.75) is 6.10 Å². The van der Waals surface area contributed by atoms with Gasteiger partial charge in [-0.3, -0.25) is 0 Å². The molecule has 3 N–H and O–H groups in total. The average Bonchev–Trinajstić information content (AvgIpc) is 2.10. The van der Waals surface area contributed by atoms with E-state index in [1.807, 2.05) is 0 Å². The number of nitrogens with two attached hydrogens (primary N) is 1. The summed E-state index contributed by atoms with van der Waals surface area (Å²) in [7, 11) is 0. The Bertz CT molecular complexity index is 319. The Kier molecular flexibility index (Phi) is 3.35. The molecule has 0 radical (unpaired) electrons. The third kappa shape index (κ3) is 2.24. The van der Waals surface area contributed by atoms with Crippen LogP contribution in [0.25, 0.3) is 0 Å². The highest BCUT2D eigenvalue weighted by molar-refractivity contribution is 9.10. The van der Waals surface area contributed by atoms with E-state index in [0.717, 1.165) is 12.1 Å². The molecule has 1 atom stereocenters. The van der Waals surface area contributed by atoms with Crippen LogP contribution in [0.1, 0.15) is 11.7 Å². The normalized spacial score (nSPS) is 13.0. The summed E-state index contributed by atoms with van der Waals surface area (Å²) in [6.07, 6.45) is -1.17. The number of halogens is 3. The van der Waals surface area contributed by atoms with Gasteiger partial charge in [0.15, 0.2) is 0 Å². The molecule has 1 unspecified atom stereocenters. The zero-order valence-corrected chi connectivity index (χ0v) is 8.18. The van der Waals surface area contributed by atoms with Crippen LogP contribution in [0, 0.1) is 11.6 Å². The molecule has 1 aromatic carbocycles. The van der Waals surface area contributed by atoms with Crippen LogP contribution in [0.15, 0.2) is 16.6 Å². The molecular weight excluding hydrogens is 244 g/mol. The second-order valence-corrected chi connectivity index (χ2v) is 3.40. The second kappa shape index (κ2) is 4.13. The lowest BCUT2D eigenvalue weighted by Gasteiger charge is -2.10. The third-order valence-electron chi connectivity index (χ3n) is 1.60. The van der Waals surface area contributed by atoms with Gasteiger partial charge >= 0.3 is 0 Å². The lowest BCUT2D eigenvalue weighted by atomic mass is 10.1. The highest BCUT2D eigenvalue weighted by Gasteiger charge is 2.15. The zero-order chi connectivity index (χ0) is 10.0. The molecule has 5 heteroatoms. The van der Waals surface area contributed by atoms with Crippen LogP contribution >= 0.6 is 15.9 Å². The van der Waals surface area contributed by atoms with Gasteiger partial charge in [0.1, 0.15) is 11.6 Å². The number of hydrogen-bond donors (Lipinski definition) is 2. The molecular formula is C8H8BrF2NO. The quantitative estimate of drug-likeness (QED) is 0.787. The number of rotatable bonds is 2.